The van der Waals surface area contributed by atoms with Crippen LogP contribution in [0.4, 0.5) is 0 Å². The predicted molar refractivity (Wildman–Crippen MR) is 78.6 cm³/mol. The lowest BCUT2D eigenvalue weighted by atomic mass is 10.2. The Kier molecular flexibility index (Phi) is 4.25. The first kappa shape index (κ1) is 15.2. The van der Waals surface area contributed by atoms with Gasteiger partial charge < -0.3 is 9.84 Å². The van der Waals surface area contributed by atoms with Crippen molar-refractivity contribution in [2.45, 2.75) is 42.9 Å². The van der Waals surface area contributed by atoms with Crippen LogP contribution in [0.15, 0.2) is 23.1 Å². The molecule has 0 amide bonds. The minimum atomic E-state index is -3.58. The van der Waals surface area contributed by atoms with Gasteiger partial charge in [-0.05, 0) is 43.0 Å². The van der Waals surface area contributed by atoms with E-state index in [4.69, 9.17) is 16.3 Å². The van der Waals surface area contributed by atoms with E-state index in [1.807, 2.05) is 0 Å². The number of hydrogen-bond acceptors (Lipinski definition) is 4. The topological polar surface area (TPSA) is 66.8 Å². The molecule has 0 spiro atoms. The van der Waals surface area contributed by atoms with Crippen molar-refractivity contribution in [3.8, 4) is 0 Å². The van der Waals surface area contributed by atoms with Gasteiger partial charge in [-0.2, -0.15) is 4.31 Å². The van der Waals surface area contributed by atoms with E-state index < -0.39 is 10.0 Å². The highest BCUT2D eigenvalue weighted by atomic mass is 35.5. The Labute approximate surface area is 129 Å². The van der Waals surface area contributed by atoms with Crippen LogP contribution in [-0.4, -0.2) is 43.1 Å². The van der Waals surface area contributed by atoms with Gasteiger partial charge in [-0.3, -0.25) is 0 Å². The summed E-state index contributed by atoms with van der Waals surface area (Å²) >= 11 is 5.93. The quantitative estimate of drug-likeness (QED) is 0.916. The molecule has 1 heterocycles. The van der Waals surface area contributed by atoms with Crippen LogP contribution in [0.5, 0.6) is 0 Å². The monoisotopic (exact) mass is 331 g/mol. The van der Waals surface area contributed by atoms with Gasteiger partial charge in [-0.15, -0.1) is 0 Å². The van der Waals surface area contributed by atoms with E-state index in [1.54, 1.807) is 4.31 Å². The third-order valence-electron chi connectivity index (χ3n) is 4.23. The largest absolute Gasteiger partial charge is 0.392 e. The summed E-state index contributed by atoms with van der Waals surface area (Å²) in [5.41, 5.74) is 0.425. The molecule has 5 nitrogen and oxygen atoms in total. The number of hydrogen-bond donors (Lipinski definition) is 1. The van der Waals surface area contributed by atoms with Crippen molar-refractivity contribution < 1.29 is 18.3 Å². The first-order valence-corrected chi connectivity index (χ1v) is 8.88. The van der Waals surface area contributed by atoms with Crippen LogP contribution in [0, 0.1) is 0 Å². The normalized spacial score (nSPS) is 26.8. The maximum Gasteiger partial charge on any atom is 0.243 e. The molecule has 1 N–H and O–H groups in total. The van der Waals surface area contributed by atoms with Crippen molar-refractivity contribution in [1.29, 1.82) is 0 Å². The summed E-state index contributed by atoms with van der Waals surface area (Å²) in [4.78, 5) is 0.184. The first-order chi connectivity index (χ1) is 10.0. The van der Waals surface area contributed by atoms with Crippen LogP contribution >= 0.6 is 11.6 Å². The summed E-state index contributed by atoms with van der Waals surface area (Å²) in [6.07, 6.45) is 2.76. The van der Waals surface area contributed by atoms with Crippen LogP contribution < -0.4 is 0 Å². The van der Waals surface area contributed by atoms with E-state index >= 15 is 0 Å². The van der Waals surface area contributed by atoms with Crippen molar-refractivity contribution >= 4 is 21.6 Å². The predicted octanol–water partition coefficient (Wildman–Crippen LogP) is 1.77. The van der Waals surface area contributed by atoms with Gasteiger partial charge in [0.05, 0.1) is 30.3 Å². The van der Waals surface area contributed by atoms with Gasteiger partial charge in [0.2, 0.25) is 10.0 Å². The lowest BCUT2D eigenvalue weighted by Gasteiger charge is -2.36. The van der Waals surface area contributed by atoms with Crippen LogP contribution in [0.3, 0.4) is 0 Å². The van der Waals surface area contributed by atoms with Gasteiger partial charge in [0, 0.05) is 11.6 Å². The van der Waals surface area contributed by atoms with Gasteiger partial charge >= 0.3 is 0 Å². The Hall–Kier alpha value is -0.660. The van der Waals surface area contributed by atoms with E-state index in [9.17, 15) is 13.5 Å². The number of benzene rings is 1. The van der Waals surface area contributed by atoms with Gasteiger partial charge in [-0.25, -0.2) is 8.42 Å². The molecule has 1 aliphatic heterocycles. The molecule has 2 unspecified atom stereocenters. The van der Waals surface area contributed by atoms with Gasteiger partial charge in [0.15, 0.2) is 0 Å². The zero-order chi connectivity index (χ0) is 15.0. The number of aliphatic hydroxyl groups excluding tert-OH is 1. The van der Waals surface area contributed by atoms with Gasteiger partial charge in [0.1, 0.15) is 0 Å². The van der Waals surface area contributed by atoms with Crippen LogP contribution in [0.25, 0.3) is 0 Å². The Morgan fingerprint density at radius 1 is 1.38 bits per heavy atom. The van der Waals surface area contributed by atoms with Gasteiger partial charge in [0.25, 0.3) is 0 Å². The molecule has 0 bridgehead atoms. The summed E-state index contributed by atoms with van der Waals surface area (Å²) in [5, 5.41) is 9.63. The van der Waals surface area contributed by atoms with Crippen molar-refractivity contribution in [2.24, 2.45) is 0 Å². The highest BCUT2D eigenvalue weighted by Crippen LogP contribution is 2.34. The molecule has 2 fully saturated rings. The van der Waals surface area contributed by atoms with Crippen LogP contribution in [-0.2, 0) is 21.4 Å². The average molecular weight is 332 g/mol. The molecular formula is C14H18ClNO4S. The Balaban J connectivity index is 1.96. The first-order valence-electron chi connectivity index (χ1n) is 7.07. The third-order valence-corrected chi connectivity index (χ3v) is 6.51. The molecule has 0 radical (unpaired) electrons. The molecule has 7 heteroatoms. The van der Waals surface area contributed by atoms with E-state index in [2.05, 4.69) is 0 Å². The molecular weight excluding hydrogens is 314 g/mol. The van der Waals surface area contributed by atoms with Crippen molar-refractivity contribution in [3.05, 3.63) is 28.8 Å². The average Bonchev–Trinajstić information content (AvgIpc) is 2.95. The second-order valence-electron chi connectivity index (χ2n) is 5.43. The SMILES string of the molecule is O=S(=O)(c1ccc(Cl)c(CO)c1)N1CCOC2CCCC21. The summed E-state index contributed by atoms with van der Waals surface area (Å²) in [5.74, 6) is 0. The number of fused-ring (bicyclic) bond motifs is 1. The fourth-order valence-corrected chi connectivity index (χ4v) is 5.05. The zero-order valence-corrected chi connectivity index (χ0v) is 13.1. The number of nitrogens with zero attached hydrogens (tertiary/aromatic N) is 1. The minimum Gasteiger partial charge on any atom is -0.392 e. The Morgan fingerprint density at radius 3 is 2.95 bits per heavy atom. The van der Waals surface area contributed by atoms with E-state index in [1.165, 1.54) is 18.2 Å². The smallest absolute Gasteiger partial charge is 0.243 e. The fourth-order valence-electron chi connectivity index (χ4n) is 3.16. The van der Waals surface area contributed by atoms with Crippen LogP contribution in [0.1, 0.15) is 24.8 Å². The molecule has 1 aliphatic carbocycles. The lowest BCUT2D eigenvalue weighted by molar-refractivity contribution is -0.0241. The molecule has 1 saturated carbocycles. The van der Waals surface area contributed by atoms with Crippen molar-refractivity contribution in [3.63, 3.8) is 0 Å². The van der Waals surface area contributed by atoms with Crippen molar-refractivity contribution in [1.82, 2.24) is 4.31 Å². The highest BCUT2D eigenvalue weighted by Gasteiger charge is 2.42. The minimum absolute atomic E-state index is 0.0122. The second kappa shape index (κ2) is 5.85. The molecule has 1 saturated heterocycles. The molecule has 0 aromatic heterocycles. The molecule has 3 rings (SSSR count). The number of sulfonamides is 1. The number of aliphatic hydroxyl groups is 1. The Morgan fingerprint density at radius 2 is 2.19 bits per heavy atom. The number of halogens is 1. The number of ether oxygens (including phenoxy) is 1. The summed E-state index contributed by atoms with van der Waals surface area (Å²) < 4.78 is 32.9. The fraction of sp³-hybridized carbons (Fsp3) is 0.571. The second-order valence-corrected chi connectivity index (χ2v) is 7.73. The molecule has 1 aromatic rings. The molecule has 21 heavy (non-hydrogen) atoms. The highest BCUT2D eigenvalue weighted by molar-refractivity contribution is 7.89. The molecule has 1 aromatic carbocycles. The third kappa shape index (κ3) is 2.71. The van der Waals surface area contributed by atoms with Gasteiger partial charge in [-0.1, -0.05) is 11.6 Å². The zero-order valence-electron chi connectivity index (χ0n) is 11.5. The standard InChI is InChI=1S/C14H18ClNO4S/c15-12-5-4-11(8-10(12)9-17)21(18,19)16-6-7-20-14-3-1-2-13(14)16/h4-5,8,13-14,17H,1-3,6-7,9H2. The molecule has 2 atom stereocenters. The lowest BCUT2D eigenvalue weighted by Crippen LogP contribution is -2.51. The van der Waals surface area contributed by atoms with Crippen LogP contribution in [0.2, 0.25) is 5.02 Å². The summed E-state index contributed by atoms with van der Waals surface area (Å²) in [6.45, 7) is 0.527. The van der Waals surface area contributed by atoms with E-state index in [-0.39, 0.29) is 23.6 Å². The maximum atomic E-state index is 12.9. The Bertz CT molecular complexity index is 634. The number of morpholine rings is 1. The summed E-state index contributed by atoms with van der Waals surface area (Å²) in [6, 6.07) is 4.40. The van der Waals surface area contributed by atoms with Crippen molar-refractivity contribution in [2.75, 3.05) is 13.2 Å². The molecule has 2 aliphatic rings. The molecule has 116 valence electrons. The summed E-state index contributed by atoms with van der Waals surface area (Å²) in [7, 11) is -3.58. The number of rotatable bonds is 3. The van der Waals surface area contributed by atoms with E-state index in [0.29, 0.717) is 23.7 Å². The maximum absolute atomic E-state index is 12.9. The van der Waals surface area contributed by atoms with E-state index in [0.717, 1.165) is 19.3 Å².